The molecular weight excluding hydrogens is 184 g/mol. The summed E-state index contributed by atoms with van der Waals surface area (Å²) < 4.78 is 5.57. The summed E-state index contributed by atoms with van der Waals surface area (Å²) in [7, 11) is 0. The van der Waals surface area contributed by atoms with Gasteiger partial charge in [0.25, 0.3) is 0 Å². The van der Waals surface area contributed by atoms with E-state index < -0.39 is 0 Å². The summed E-state index contributed by atoms with van der Waals surface area (Å²) in [5.41, 5.74) is 1.08. The Labute approximate surface area is 84.0 Å². The second-order valence-electron chi connectivity index (χ2n) is 2.97. The van der Waals surface area contributed by atoms with Gasteiger partial charge < -0.3 is 4.74 Å². The normalized spacial score (nSPS) is 12.2. The smallest absolute Gasteiger partial charge is 0.124 e. The van der Waals surface area contributed by atoms with Crippen LogP contribution in [0.15, 0.2) is 30.9 Å². The fourth-order valence-electron chi connectivity index (χ4n) is 0.949. The molecule has 0 heterocycles. The van der Waals surface area contributed by atoms with E-state index in [0.717, 1.165) is 11.3 Å². The number of benzene rings is 1. The van der Waals surface area contributed by atoms with Crippen molar-refractivity contribution < 1.29 is 4.74 Å². The monoisotopic (exact) mass is 196 g/mol. The third kappa shape index (κ3) is 2.78. The molecule has 0 saturated heterocycles. The van der Waals surface area contributed by atoms with Gasteiger partial charge in [0, 0.05) is 5.02 Å². The van der Waals surface area contributed by atoms with E-state index in [-0.39, 0.29) is 6.10 Å². The van der Waals surface area contributed by atoms with Crippen LogP contribution in [0.5, 0.6) is 5.75 Å². The van der Waals surface area contributed by atoms with Crippen LogP contribution in [0.4, 0.5) is 0 Å². The fraction of sp³-hybridized carbons (Fsp3) is 0.273. The van der Waals surface area contributed by atoms with Crippen molar-refractivity contribution in [3.05, 3.63) is 41.4 Å². The van der Waals surface area contributed by atoms with Gasteiger partial charge in [-0.2, -0.15) is 0 Å². The molecular formula is C11H13ClO. The zero-order chi connectivity index (χ0) is 9.84. The molecule has 0 radical (unpaired) electrons. The predicted molar refractivity (Wildman–Crippen MR) is 56.5 cm³/mol. The van der Waals surface area contributed by atoms with Crippen molar-refractivity contribution in [2.75, 3.05) is 0 Å². The SMILES string of the molecule is C=CC(C)Oc1cc(Cl)ccc1C. The molecule has 1 aromatic rings. The van der Waals surface area contributed by atoms with Crippen LogP contribution in [0, 0.1) is 6.92 Å². The molecule has 0 aromatic heterocycles. The number of hydrogen-bond donors (Lipinski definition) is 0. The zero-order valence-corrected chi connectivity index (χ0v) is 8.64. The van der Waals surface area contributed by atoms with E-state index in [1.54, 1.807) is 6.08 Å². The number of halogens is 1. The van der Waals surface area contributed by atoms with Crippen LogP contribution >= 0.6 is 11.6 Å². The third-order valence-corrected chi connectivity index (χ3v) is 2.03. The molecule has 0 saturated carbocycles. The van der Waals surface area contributed by atoms with Gasteiger partial charge in [-0.1, -0.05) is 30.3 Å². The molecule has 1 nitrogen and oxygen atoms in total. The van der Waals surface area contributed by atoms with Crippen LogP contribution in [0.1, 0.15) is 12.5 Å². The summed E-state index contributed by atoms with van der Waals surface area (Å²) in [5, 5.41) is 0.692. The van der Waals surface area contributed by atoms with E-state index in [4.69, 9.17) is 16.3 Å². The number of rotatable bonds is 3. The van der Waals surface area contributed by atoms with Gasteiger partial charge in [-0.25, -0.2) is 0 Å². The average molecular weight is 197 g/mol. The summed E-state index contributed by atoms with van der Waals surface area (Å²) in [6.07, 6.45) is 1.76. The number of ether oxygens (including phenoxy) is 1. The first-order chi connectivity index (χ1) is 6.13. The van der Waals surface area contributed by atoms with Crippen molar-refractivity contribution in [2.24, 2.45) is 0 Å². The lowest BCUT2D eigenvalue weighted by atomic mass is 10.2. The lowest BCUT2D eigenvalue weighted by Crippen LogP contribution is -2.08. The Morgan fingerprint density at radius 1 is 1.54 bits per heavy atom. The van der Waals surface area contributed by atoms with Crippen LogP contribution in [0.2, 0.25) is 5.02 Å². The molecule has 0 N–H and O–H groups in total. The molecule has 0 fully saturated rings. The molecule has 0 bridgehead atoms. The summed E-state index contributed by atoms with van der Waals surface area (Å²) in [5.74, 6) is 0.819. The third-order valence-electron chi connectivity index (χ3n) is 1.79. The van der Waals surface area contributed by atoms with Crippen molar-refractivity contribution in [1.29, 1.82) is 0 Å². The largest absolute Gasteiger partial charge is 0.486 e. The maximum Gasteiger partial charge on any atom is 0.124 e. The first-order valence-corrected chi connectivity index (χ1v) is 4.56. The quantitative estimate of drug-likeness (QED) is 0.672. The summed E-state index contributed by atoms with van der Waals surface area (Å²) >= 11 is 5.84. The highest BCUT2D eigenvalue weighted by Crippen LogP contribution is 2.23. The first-order valence-electron chi connectivity index (χ1n) is 4.19. The summed E-state index contributed by atoms with van der Waals surface area (Å²) in [6.45, 7) is 7.58. The number of hydrogen-bond acceptors (Lipinski definition) is 1. The van der Waals surface area contributed by atoms with E-state index >= 15 is 0 Å². The van der Waals surface area contributed by atoms with E-state index in [2.05, 4.69) is 6.58 Å². The molecule has 1 rings (SSSR count). The average Bonchev–Trinajstić information content (AvgIpc) is 2.11. The highest BCUT2D eigenvalue weighted by atomic mass is 35.5. The van der Waals surface area contributed by atoms with Crippen molar-refractivity contribution in [3.63, 3.8) is 0 Å². The zero-order valence-electron chi connectivity index (χ0n) is 7.88. The maximum atomic E-state index is 5.84. The minimum atomic E-state index is 0.0113. The Hall–Kier alpha value is -0.950. The molecule has 70 valence electrons. The van der Waals surface area contributed by atoms with Gasteiger partial charge in [0.05, 0.1) is 0 Å². The highest BCUT2D eigenvalue weighted by molar-refractivity contribution is 6.30. The Bertz CT molecular complexity index is 307. The van der Waals surface area contributed by atoms with Crippen molar-refractivity contribution in [1.82, 2.24) is 0 Å². The van der Waals surface area contributed by atoms with Gasteiger partial charge in [-0.3, -0.25) is 0 Å². The molecule has 1 unspecified atom stereocenters. The van der Waals surface area contributed by atoms with Crippen LogP contribution < -0.4 is 4.74 Å². The van der Waals surface area contributed by atoms with Crippen molar-refractivity contribution >= 4 is 11.6 Å². The van der Waals surface area contributed by atoms with Crippen molar-refractivity contribution in [2.45, 2.75) is 20.0 Å². The Morgan fingerprint density at radius 3 is 2.85 bits per heavy atom. The van der Waals surface area contributed by atoms with Gasteiger partial charge in [0.15, 0.2) is 0 Å². The second kappa shape index (κ2) is 4.33. The minimum Gasteiger partial charge on any atom is -0.486 e. The topological polar surface area (TPSA) is 9.23 Å². The standard InChI is InChI=1S/C11H13ClO/c1-4-9(3)13-11-7-10(12)6-5-8(11)2/h4-7,9H,1H2,2-3H3. The second-order valence-corrected chi connectivity index (χ2v) is 3.40. The molecule has 1 atom stereocenters. The Balaban J connectivity index is 2.86. The van der Waals surface area contributed by atoms with E-state index in [1.165, 1.54) is 0 Å². The van der Waals surface area contributed by atoms with Gasteiger partial charge in [0.1, 0.15) is 11.9 Å². The van der Waals surface area contributed by atoms with E-state index in [9.17, 15) is 0 Å². The Kier molecular flexibility index (Phi) is 3.38. The van der Waals surface area contributed by atoms with Gasteiger partial charge in [-0.05, 0) is 31.5 Å². The fourth-order valence-corrected chi connectivity index (χ4v) is 1.11. The first kappa shape index (κ1) is 10.1. The minimum absolute atomic E-state index is 0.0113. The van der Waals surface area contributed by atoms with E-state index in [1.807, 2.05) is 32.0 Å². The molecule has 0 aliphatic heterocycles. The molecule has 2 heteroatoms. The molecule has 0 aliphatic carbocycles. The number of aryl methyl sites for hydroxylation is 1. The van der Waals surface area contributed by atoms with Crippen LogP contribution in [0.3, 0.4) is 0 Å². The van der Waals surface area contributed by atoms with Gasteiger partial charge in [0.2, 0.25) is 0 Å². The molecule has 0 spiro atoms. The summed E-state index contributed by atoms with van der Waals surface area (Å²) in [4.78, 5) is 0. The van der Waals surface area contributed by atoms with Crippen molar-refractivity contribution in [3.8, 4) is 5.75 Å². The van der Waals surface area contributed by atoms with Crippen LogP contribution in [-0.2, 0) is 0 Å². The summed E-state index contributed by atoms with van der Waals surface area (Å²) in [6, 6.07) is 5.60. The lowest BCUT2D eigenvalue weighted by Gasteiger charge is -2.12. The van der Waals surface area contributed by atoms with Gasteiger partial charge in [-0.15, -0.1) is 0 Å². The molecule has 0 aliphatic rings. The molecule has 13 heavy (non-hydrogen) atoms. The maximum absolute atomic E-state index is 5.84. The highest BCUT2D eigenvalue weighted by Gasteiger charge is 2.03. The van der Waals surface area contributed by atoms with Crippen LogP contribution in [0.25, 0.3) is 0 Å². The van der Waals surface area contributed by atoms with Crippen LogP contribution in [-0.4, -0.2) is 6.10 Å². The predicted octanol–water partition coefficient (Wildman–Crippen LogP) is 3.60. The molecule has 1 aromatic carbocycles. The van der Waals surface area contributed by atoms with Gasteiger partial charge >= 0.3 is 0 Å². The Morgan fingerprint density at radius 2 is 2.23 bits per heavy atom. The van der Waals surface area contributed by atoms with E-state index in [0.29, 0.717) is 5.02 Å². The lowest BCUT2D eigenvalue weighted by molar-refractivity contribution is 0.268. The molecule has 0 amide bonds.